The molecular weight excluding hydrogens is 362 g/mol. The van der Waals surface area contributed by atoms with Crippen molar-refractivity contribution in [3.05, 3.63) is 51.8 Å². The molecule has 140 valence electrons. The third-order valence-electron chi connectivity index (χ3n) is 4.84. The second kappa shape index (κ2) is 6.86. The van der Waals surface area contributed by atoms with Crippen molar-refractivity contribution in [2.45, 2.75) is 38.3 Å². The van der Waals surface area contributed by atoms with Crippen molar-refractivity contribution in [1.29, 1.82) is 0 Å². The van der Waals surface area contributed by atoms with Crippen LogP contribution < -0.4 is 5.73 Å². The molecule has 2 N–H and O–H groups in total. The molecule has 1 fully saturated rings. The van der Waals surface area contributed by atoms with Crippen LogP contribution in [0.25, 0.3) is 11.5 Å². The van der Waals surface area contributed by atoms with Gasteiger partial charge < -0.3 is 15.1 Å². The van der Waals surface area contributed by atoms with E-state index >= 15 is 0 Å². The molecule has 27 heavy (non-hydrogen) atoms. The number of hydrogen-bond donors (Lipinski definition) is 1. The Morgan fingerprint density at radius 3 is 2.85 bits per heavy atom. The highest BCUT2D eigenvalue weighted by molar-refractivity contribution is 7.09. The van der Waals surface area contributed by atoms with E-state index in [9.17, 15) is 4.79 Å². The van der Waals surface area contributed by atoms with Crippen LogP contribution in [0, 0.1) is 6.92 Å². The highest BCUT2D eigenvalue weighted by Crippen LogP contribution is 2.38. The van der Waals surface area contributed by atoms with Gasteiger partial charge in [-0.3, -0.25) is 4.79 Å². The summed E-state index contributed by atoms with van der Waals surface area (Å²) in [5, 5.41) is 11.1. The van der Waals surface area contributed by atoms with Crippen LogP contribution in [0.5, 0.6) is 0 Å². The van der Waals surface area contributed by atoms with Crippen LogP contribution in [0.3, 0.4) is 0 Å². The molecule has 0 bridgehead atoms. The van der Waals surface area contributed by atoms with E-state index in [1.807, 2.05) is 24.4 Å². The monoisotopic (exact) mass is 383 g/mol. The van der Waals surface area contributed by atoms with Crippen molar-refractivity contribution in [1.82, 2.24) is 20.1 Å². The van der Waals surface area contributed by atoms with E-state index in [0.29, 0.717) is 29.5 Å². The molecule has 7 nitrogen and oxygen atoms in total. The number of benzene rings is 1. The normalized spacial score (nSPS) is 15.4. The average molecular weight is 383 g/mol. The maximum absolute atomic E-state index is 12.8. The Balaban J connectivity index is 1.52. The number of carbonyl (C=O) groups excluding carboxylic acids is 1. The van der Waals surface area contributed by atoms with Gasteiger partial charge >= 0.3 is 0 Å². The molecule has 1 aromatic carbocycles. The number of amides is 1. The highest BCUT2D eigenvalue weighted by atomic mass is 32.1. The summed E-state index contributed by atoms with van der Waals surface area (Å²) in [6.07, 6.45) is 2.78. The molecule has 1 aliphatic rings. The van der Waals surface area contributed by atoms with E-state index in [4.69, 9.17) is 10.2 Å². The van der Waals surface area contributed by atoms with Gasteiger partial charge in [-0.15, -0.1) is 21.5 Å². The first-order valence-electron chi connectivity index (χ1n) is 8.84. The Kier molecular flexibility index (Phi) is 4.53. The van der Waals surface area contributed by atoms with Crippen LogP contribution in [0.4, 0.5) is 0 Å². The van der Waals surface area contributed by atoms with Crippen molar-refractivity contribution in [2.75, 3.05) is 7.05 Å². The minimum atomic E-state index is -0.495. The average Bonchev–Trinajstić information content (AvgIpc) is 3.28. The van der Waals surface area contributed by atoms with Gasteiger partial charge in [-0.1, -0.05) is 6.07 Å². The standard InChI is InChI=1S/C19H21N5O2S/c1-12-11-27-15(21-12)10-24(2)17(25)14-6-3-5-13(9-14)16-22-23-18(26-16)19(20)7-4-8-19/h3,5-6,9,11H,4,7-8,10,20H2,1-2H3. The van der Waals surface area contributed by atoms with Crippen molar-refractivity contribution < 1.29 is 9.21 Å². The van der Waals surface area contributed by atoms with Crippen molar-refractivity contribution in [3.63, 3.8) is 0 Å². The molecule has 8 heteroatoms. The summed E-state index contributed by atoms with van der Waals surface area (Å²) >= 11 is 1.55. The lowest BCUT2D eigenvalue weighted by Crippen LogP contribution is -2.43. The zero-order valence-corrected chi connectivity index (χ0v) is 16.1. The molecular formula is C19H21N5O2S. The molecule has 0 radical (unpaired) electrons. The molecule has 0 unspecified atom stereocenters. The van der Waals surface area contributed by atoms with Crippen molar-refractivity contribution in [2.24, 2.45) is 5.73 Å². The fourth-order valence-electron chi connectivity index (χ4n) is 3.07. The number of hydrogen-bond acceptors (Lipinski definition) is 7. The van der Waals surface area contributed by atoms with Crippen LogP contribution in [0.15, 0.2) is 34.1 Å². The van der Waals surface area contributed by atoms with Gasteiger partial charge in [0.05, 0.1) is 12.1 Å². The van der Waals surface area contributed by atoms with Gasteiger partial charge in [0.15, 0.2) is 0 Å². The van der Waals surface area contributed by atoms with Gasteiger partial charge in [0.2, 0.25) is 11.8 Å². The van der Waals surface area contributed by atoms with E-state index in [1.165, 1.54) is 0 Å². The maximum Gasteiger partial charge on any atom is 0.253 e. The third kappa shape index (κ3) is 3.50. The number of nitrogens with zero attached hydrogens (tertiary/aromatic N) is 4. The second-order valence-electron chi connectivity index (χ2n) is 7.05. The van der Waals surface area contributed by atoms with E-state index in [1.54, 1.807) is 35.4 Å². The molecule has 0 spiro atoms. The molecule has 1 aliphatic carbocycles. The molecule has 4 rings (SSSR count). The van der Waals surface area contributed by atoms with E-state index in [2.05, 4.69) is 15.2 Å². The first kappa shape index (κ1) is 17.8. The molecule has 0 saturated heterocycles. The number of aryl methyl sites for hydroxylation is 1. The fraction of sp³-hybridized carbons (Fsp3) is 0.368. The first-order valence-corrected chi connectivity index (χ1v) is 9.72. The van der Waals surface area contributed by atoms with Gasteiger partial charge in [0.25, 0.3) is 5.91 Å². The Hall–Kier alpha value is -2.58. The quantitative estimate of drug-likeness (QED) is 0.727. The zero-order valence-electron chi connectivity index (χ0n) is 15.3. The second-order valence-corrected chi connectivity index (χ2v) is 7.99. The first-order chi connectivity index (χ1) is 12.9. The molecule has 1 saturated carbocycles. The number of carbonyl (C=O) groups is 1. The highest BCUT2D eigenvalue weighted by Gasteiger charge is 2.39. The summed E-state index contributed by atoms with van der Waals surface area (Å²) in [7, 11) is 1.77. The minimum Gasteiger partial charge on any atom is -0.419 e. The predicted octanol–water partition coefficient (Wildman–Crippen LogP) is 3.11. The van der Waals surface area contributed by atoms with E-state index in [0.717, 1.165) is 30.0 Å². The predicted molar refractivity (Wildman–Crippen MR) is 102 cm³/mol. The Morgan fingerprint density at radius 1 is 1.37 bits per heavy atom. The third-order valence-corrected chi connectivity index (χ3v) is 5.79. The number of rotatable bonds is 5. The summed E-state index contributed by atoms with van der Waals surface area (Å²) in [6.45, 7) is 2.42. The molecule has 0 atom stereocenters. The van der Waals surface area contributed by atoms with Crippen LogP contribution in [0.1, 0.15) is 46.2 Å². The zero-order chi connectivity index (χ0) is 19.0. The van der Waals surface area contributed by atoms with E-state index < -0.39 is 5.54 Å². The van der Waals surface area contributed by atoms with E-state index in [-0.39, 0.29) is 5.91 Å². The Bertz CT molecular complexity index is 976. The molecule has 2 heterocycles. The summed E-state index contributed by atoms with van der Waals surface area (Å²) in [5.41, 5.74) is 7.99. The lowest BCUT2D eigenvalue weighted by molar-refractivity contribution is 0.0785. The Labute approximate surface area is 161 Å². The SMILES string of the molecule is Cc1csc(CN(C)C(=O)c2cccc(-c3nnc(C4(N)CCC4)o3)c2)n1. The summed E-state index contributed by atoms with van der Waals surface area (Å²) < 4.78 is 5.79. The van der Waals surface area contributed by atoms with Gasteiger partial charge in [-0.25, -0.2) is 4.98 Å². The largest absolute Gasteiger partial charge is 0.419 e. The molecule has 2 aromatic heterocycles. The summed E-state index contributed by atoms with van der Waals surface area (Å²) in [6, 6.07) is 7.22. The Morgan fingerprint density at radius 2 is 2.19 bits per heavy atom. The van der Waals surface area contributed by atoms with Gasteiger partial charge in [-0.2, -0.15) is 0 Å². The number of nitrogens with two attached hydrogens (primary N) is 1. The van der Waals surface area contributed by atoms with Crippen LogP contribution in [0.2, 0.25) is 0 Å². The number of thiazole rings is 1. The molecule has 3 aromatic rings. The lowest BCUT2D eigenvalue weighted by atomic mass is 9.78. The van der Waals surface area contributed by atoms with Gasteiger partial charge in [0.1, 0.15) is 5.01 Å². The van der Waals surface area contributed by atoms with Gasteiger partial charge in [-0.05, 0) is 44.4 Å². The topological polar surface area (TPSA) is 98.1 Å². The van der Waals surface area contributed by atoms with Crippen molar-refractivity contribution in [3.8, 4) is 11.5 Å². The maximum atomic E-state index is 12.8. The molecule has 1 amide bonds. The minimum absolute atomic E-state index is 0.0845. The van der Waals surface area contributed by atoms with Crippen LogP contribution in [-0.2, 0) is 12.1 Å². The van der Waals surface area contributed by atoms with Gasteiger partial charge in [0, 0.05) is 29.2 Å². The lowest BCUT2D eigenvalue weighted by Gasteiger charge is -2.33. The molecule has 0 aliphatic heterocycles. The summed E-state index contributed by atoms with van der Waals surface area (Å²) in [5.74, 6) is 0.769. The fourth-order valence-corrected chi connectivity index (χ4v) is 3.89. The van der Waals surface area contributed by atoms with Crippen molar-refractivity contribution >= 4 is 17.2 Å². The smallest absolute Gasteiger partial charge is 0.253 e. The van der Waals surface area contributed by atoms with Crippen LogP contribution >= 0.6 is 11.3 Å². The summed E-state index contributed by atoms with van der Waals surface area (Å²) in [4.78, 5) is 18.8. The number of aromatic nitrogens is 3. The van der Waals surface area contributed by atoms with Crippen LogP contribution in [-0.4, -0.2) is 33.0 Å².